The molecule has 1 unspecified atom stereocenters. The molecule has 1 atom stereocenters. The normalized spacial score (nSPS) is 32.2. The van der Waals surface area contributed by atoms with Crippen LogP contribution in [0.4, 0.5) is 0 Å². The van der Waals surface area contributed by atoms with Gasteiger partial charge in [0.15, 0.2) is 0 Å². The highest BCUT2D eigenvalue weighted by molar-refractivity contribution is 4.80. The first-order valence-electron chi connectivity index (χ1n) is 6.49. The summed E-state index contributed by atoms with van der Waals surface area (Å²) in [5.41, 5.74) is 0. The van der Waals surface area contributed by atoms with Crippen LogP contribution in [0.5, 0.6) is 0 Å². The SMILES string of the molecule is OC1CNCCN(C2CCCCCC2)C1. The Balaban J connectivity index is 1.88. The molecule has 15 heavy (non-hydrogen) atoms. The summed E-state index contributed by atoms with van der Waals surface area (Å²) in [5.74, 6) is 0. The maximum atomic E-state index is 9.76. The Bertz CT molecular complexity index is 178. The Hall–Kier alpha value is -0.120. The van der Waals surface area contributed by atoms with Crippen LogP contribution in [-0.4, -0.2) is 48.3 Å². The highest BCUT2D eigenvalue weighted by atomic mass is 16.3. The van der Waals surface area contributed by atoms with Gasteiger partial charge in [-0.05, 0) is 12.8 Å². The molecule has 88 valence electrons. The van der Waals surface area contributed by atoms with Gasteiger partial charge in [-0.3, -0.25) is 4.90 Å². The predicted molar refractivity (Wildman–Crippen MR) is 61.9 cm³/mol. The molecule has 3 nitrogen and oxygen atoms in total. The molecular formula is C12H24N2O. The summed E-state index contributed by atoms with van der Waals surface area (Å²) < 4.78 is 0. The number of rotatable bonds is 1. The van der Waals surface area contributed by atoms with E-state index in [1.54, 1.807) is 0 Å². The lowest BCUT2D eigenvalue weighted by Crippen LogP contribution is -2.40. The van der Waals surface area contributed by atoms with Crippen molar-refractivity contribution >= 4 is 0 Å². The van der Waals surface area contributed by atoms with Crippen molar-refractivity contribution in [3.05, 3.63) is 0 Å². The summed E-state index contributed by atoms with van der Waals surface area (Å²) in [4.78, 5) is 2.51. The maximum Gasteiger partial charge on any atom is 0.0791 e. The van der Waals surface area contributed by atoms with Crippen LogP contribution >= 0.6 is 0 Å². The summed E-state index contributed by atoms with van der Waals surface area (Å²) in [7, 11) is 0. The molecule has 1 saturated heterocycles. The van der Waals surface area contributed by atoms with Gasteiger partial charge < -0.3 is 10.4 Å². The summed E-state index contributed by atoms with van der Waals surface area (Å²) in [6, 6.07) is 0.738. The fraction of sp³-hybridized carbons (Fsp3) is 1.00. The molecule has 0 aromatic heterocycles. The third kappa shape index (κ3) is 3.44. The zero-order valence-electron chi connectivity index (χ0n) is 9.62. The molecule has 2 N–H and O–H groups in total. The fourth-order valence-electron chi connectivity index (χ4n) is 2.87. The van der Waals surface area contributed by atoms with Gasteiger partial charge in [-0.25, -0.2) is 0 Å². The van der Waals surface area contributed by atoms with Crippen molar-refractivity contribution < 1.29 is 5.11 Å². The van der Waals surface area contributed by atoms with E-state index in [4.69, 9.17) is 0 Å². The van der Waals surface area contributed by atoms with E-state index < -0.39 is 0 Å². The Labute approximate surface area is 92.8 Å². The van der Waals surface area contributed by atoms with Crippen LogP contribution in [-0.2, 0) is 0 Å². The number of aliphatic hydroxyl groups excluding tert-OH is 1. The van der Waals surface area contributed by atoms with Gasteiger partial charge in [0, 0.05) is 32.2 Å². The van der Waals surface area contributed by atoms with Gasteiger partial charge in [0.1, 0.15) is 0 Å². The monoisotopic (exact) mass is 212 g/mol. The van der Waals surface area contributed by atoms with Gasteiger partial charge in [0.2, 0.25) is 0 Å². The summed E-state index contributed by atoms with van der Waals surface area (Å²) in [5, 5.41) is 13.0. The zero-order valence-corrected chi connectivity index (χ0v) is 9.62. The minimum absolute atomic E-state index is 0.171. The van der Waals surface area contributed by atoms with Gasteiger partial charge in [-0.15, -0.1) is 0 Å². The van der Waals surface area contributed by atoms with Gasteiger partial charge in [0.05, 0.1) is 6.10 Å². The largest absolute Gasteiger partial charge is 0.390 e. The van der Waals surface area contributed by atoms with Crippen LogP contribution in [0.1, 0.15) is 38.5 Å². The van der Waals surface area contributed by atoms with E-state index in [1.165, 1.54) is 38.5 Å². The molecule has 0 bridgehead atoms. The quantitative estimate of drug-likeness (QED) is 0.636. The van der Waals surface area contributed by atoms with Crippen LogP contribution in [0, 0.1) is 0 Å². The van der Waals surface area contributed by atoms with E-state index in [9.17, 15) is 5.11 Å². The zero-order chi connectivity index (χ0) is 10.5. The topological polar surface area (TPSA) is 35.5 Å². The third-order valence-corrected chi connectivity index (χ3v) is 3.74. The second kappa shape index (κ2) is 5.83. The van der Waals surface area contributed by atoms with Gasteiger partial charge >= 0.3 is 0 Å². The number of hydrogen-bond donors (Lipinski definition) is 2. The molecule has 2 rings (SSSR count). The summed E-state index contributed by atoms with van der Waals surface area (Å²) in [6.07, 6.45) is 8.08. The minimum Gasteiger partial charge on any atom is -0.390 e. The number of nitrogens with zero attached hydrogens (tertiary/aromatic N) is 1. The first-order valence-corrected chi connectivity index (χ1v) is 6.49. The second-order valence-corrected chi connectivity index (χ2v) is 5.00. The van der Waals surface area contributed by atoms with Gasteiger partial charge in [-0.1, -0.05) is 25.7 Å². The molecule has 0 amide bonds. The summed E-state index contributed by atoms with van der Waals surface area (Å²) in [6.45, 7) is 3.79. The average Bonchev–Trinajstić information content (AvgIpc) is 2.59. The van der Waals surface area contributed by atoms with Gasteiger partial charge in [0.25, 0.3) is 0 Å². The number of nitrogens with one attached hydrogen (secondary N) is 1. The molecule has 2 aliphatic rings. The average molecular weight is 212 g/mol. The molecular weight excluding hydrogens is 188 g/mol. The van der Waals surface area contributed by atoms with Crippen molar-refractivity contribution in [1.29, 1.82) is 0 Å². The van der Waals surface area contributed by atoms with Crippen molar-refractivity contribution in [1.82, 2.24) is 10.2 Å². The fourth-order valence-corrected chi connectivity index (χ4v) is 2.87. The second-order valence-electron chi connectivity index (χ2n) is 5.00. The summed E-state index contributed by atoms with van der Waals surface area (Å²) >= 11 is 0. The van der Waals surface area contributed by atoms with Crippen LogP contribution in [0.2, 0.25) is 0 Å². The van der Waals surface area contributed by atoms with E-state index in [0.717, 1.165) is 32.2 Å². The van der Waals surface area contributed by atoms with E-state index in [2.05, 4.69) is 10.2 Å². The van der Waals surface area contributed by atoms with Crippen LogP contribution in [0.15, 0.2) is 0 Å². The van der Waals surface area contributed by atoms with Crippen molar-refractivity contribution in [3.8, 4) is 0 Å². The Morgan fingerprint density at radius 2 is 1.80 bits per heavy atom. The van der Waals surface area contributed by atoms with E-state index in [1.807, 2.05) is 0 Å². The van der Waals surface area contributed by atoms with Crippen LogP contribution < -0.4 is 5.32 Å². The van der Waals surface area contributed by atoms with Gasteiger partial charge in [-0.2, -0.15) is 0 Å². The molecule has 0 spiro atoms. The standard InChI is InChI=1S/C12H24N2O/c15-12-9-13-7-8-14(10-12)11-5-3-1-2-4-6-11/h11-13,15H,1-10H2. The Morgan fingerprint density at radius 1 is 1.07 bits per heavy atom. The van der Waals surface area contributed by atoms with Crippen molar-refractivity contribution in [3.63, 3.8) is 0 Å². The van der Waals surface area contributed by atoms with Crippen LogP contribution in [0.3, 0.4) is 0 Å². The number of β-amino-alcohol motifs (C(OH)–C–C–N with tert-alkyl or cyclic N) is 1. The third-order valence-electron chi connectivity index (χ3n) is 3.74. The van der Waals surface area contributed by atoms with E-state index in [-0.39, 0.29) is 6.10 Å². The maximum absolute atomic E-state index is 9.76. The Kier molecular flexibility index (Phi) is 4.42. The molecule has 1 aliphatic carbocycles. The predicted octanol–water partition coefficient (Wildman–Crippen LogP) is 0.975. The highest BCUT2D eigenvalue weighted by Gasteiger charge is 2.23. The number of hydrogen-bond acceptors (Lipinski definition) is 3. The van der Waals surface area contributed by atoms with E-state index >= 15 is 0 Å². The Morgan fingerprint density at radius 3 is 2.53 bits per heavy atom. The number of aliphatic hydroxyl groups is 1. The molecule has 3 heteroatoms. The molecule has 1 aliphatic heterocycles. The van der Waals surface area contributed by atoms with Crippen molar-refractivity contribution in [2.75, 3.05) is 26.2 Å². The minimum atomic E-state index is -0.171. The van der Waals surface area contributed by atoms with Crippen molar-refractivity contribution in [2.24, 2.45) is 0 Å². The van der Waals surface area contributed by atoms with Crippen molar-refractivity contribution in [2.45, 2.75) is 50.7 Å². The van der Waals surface area contributed by atoms with Crippen LogP contribution in [0.25, 0.3) is 0 Å². The molecule has 0 aromatic rings. The first-order chi connectivity index (χ1) is 7.36. The lowest BCUT2D eigenvalue weighted by atomic mass is 10.1. The molecule has 1 heterocycles. The van der Waals surface area contributed by atoms with E-state index in [0.29, 0.717) is 0 Å². The molecule has 0 aromatic carbocycles. The molecule has 0 radical (unpaired) electrons. The molecule has 2 fully saturated rings. The molecule has 1 saturated carbocycles. The lowest BCUT2D eigenvalue weighted by Gasteiger charge is -2.30. The lowest BCUT2D eigenvalue weighted by molar-refractivity contribution is 0.0996. The highest BCUT2D eigenvalue weighted by Crippen LogP contribution is 2.22. The smallest absolute Gasteiger partial charge is 0.0791 e. The first kappa shape index (κ1) is 11.4.